The van der Waals surface area contributed by atoms with Crippen LogP contribution in [0.2, 0.25) is 0 Å². The second kappa shape index (κ2) is 29.0. The standard InChI is InChI=1S/C59H72ClN11O12/c1-35(2)52(63-36(3)4)55(76)67-45(11-8-22-62-57(61)78)54(75)64-41-16-12-38(13-17-41)34-82-58(79)68(6)23-24-69(25-27-81-28-26-72)59(80)83-48-29-47-51(50-37(5)9-7-10-44(48)50)40(30-60)31-71(47)56(77)46-33-70-32-42(18-21-49(70)66-46)65-53(74)39-14-19-43(73)20-15-39/h7,9-10,12-21,29,32-33,35-36,40,45,52,63,72-73H,8,11,22-28,30-31,34H2,1-6H3,(H,64,75)(H,65,74)(H,67,76)(H3,61,62,78)/t40-,45+,52+/m1/s1. The maximum absolute atomic E-state index is 14.6. The Morgan fingerprint density at radius 1 is 0.867 bits per heavy atom. The molecule has 0 saturated carbocycles. The van der Waals surface area contributed by atoms with E-state index in [2.05, 4.69) is 31.6 Å². The van der Waals surface area contributed by atoms with E-state index in [4.69, 9.17) is 31.5 Å². The van der Waals surface area contributed by atoms with Crippen LogP contribution in [0.3, 0.4) is 0 Å². The number of fused-ring (bicyclic) bond motifs is 4. The van der Waals surface area contributed by atoms with E-state index in [9.17, 15) is 43.8 Å². The van der Waals surface area contributed by atoms with Crippen LogP contribution in [0.4, 0.5) is 31.4 Å². The first kappa shape index (κ1) is 62.1. The summed E-state index contributed by atoms with van der Waals surface area (Å²) in [5.74, 6) is -1.61. The number of aromatic hydroxyl groups is 1. The fourth-order valence-corrected chi connectivity index (χ4v) is 9.77. The van der Waals surface area contributed by atoms with Crippen molar-refractivity contribution in [3.8, 4) is 11.5 Å². The van der Waals surface area contributed by atoms with Crippen molar-refractivity contribution >= 4 is 86.9 Å². The van der Waals surface area contributed by atoms with Crippen molar-refractivity contribution in [2.75, 3.05) is 81.0 Å². The average Bonchev–Trinajstić information content (AvgIpc) is 3.02. The third-order valence-corrected chi connectivity index (χ3v) is 14.2. The molecule has 0 bridgehead atoms. The maximum atomic E-state index is 14.6. The van der Waals surface area contributed by atoms with Gasteiger partial charge in [0.2, 0.25) is 11.8 Å². The summed E-state index contributed by atoms with van der Waals surface area (Å²) < 4.78 is 19.0. The highest BCUT2D eigenvalue weighted by Crippen LogP contribution is 2.47. The Morgan fingerprint density at radius 2 is 1.60 bits per heavy atom. The van der Waals surface area contributed by atoms with Gasteiger partial charge in [0.25, 0.3) is 11.8 Å². The van der Waals surface area contributed by atoms with Gasteiger partial charge in [-0.25, -0.2) is 19.4 Å². The fourth-order valence-electron chi connectivity index (χ4n) is 9.51. The van der Waals surface area contributed by atoms with Gasteiger partial charge in [0, 0.05) is 92.7 Å². The zero-order valence-corrected chi connectivity index (χ0v) is 48.0. The molecule has 442 valence electrons. The van der Waals surface area contributed by atoms with E-state index in [0.29, 0.717) is 45.6 Å². The Balaban J connectivity index is 1.01. The van der Waals surface area contributed by atoms with Crippen LogP contribution in [0.25, 0.3) is 16.4 Å². The van der Waals surface area contributed by atoms with Crippen molar-refractivity contribution in [2.24, 2.45) is 11.7 Å². The topological polar surface area (TPSA) is 301 Å². The number of likely N-dealkylation sites (N-methyl/N-ethyl adjacent to an activating group) is 1. The highest BCUT2D eigenvalue weighted by Gasteiger charge is 2.37. The Hall–Kier alpha value is -8.51. The molecule has 0 aliphatic carbocycles. The van der Waals surface area contributed by atoms with E-state index >= 15 is 0 Å². The third kappa shape index (κ3) is 16.4. The normalized spacial score (nSPS) is 13.6. The molecule has 0 unspecified atom stereocenters. The number of aliphatic hydroxyl groups is 1. The molecule has 23 nitrogen and oxygen atoms in total. The van der Waals surface area contributed by atoms with Gasteiger partial charge in [0.1, 0.15) is 35.5 Å². The molecule has 9 N–H and O–H groups in total. The Kier molecular flexibility index (Phi) is 21.7. The number of imidazole rings is 1. The minimum Gasteiger partial charge on any atom is -0.508 e. The second-order valence-corrected chi connectivity index (χ2v) is 21.1. The smallest absolute Gasteiger partial charge is 0.415 e. The van der Waals surface area contributed by atoms with Crippen LogP contribution in [0, 0.1) is 12.8 Å². The molecule has 4 aromatic carbocycles. The second-order valence-electron chi connectivity index (χ2n) is 20.8. The number of rotatable bonds is 26. The minimum atomic E-state index is -0.928. The van der Waals surface area contributed by atoms with Crippen molar-refractivity contribution in [1.82, 2.24) is 35.1 Å². The number of phenolic OH excluding ortho intramolecular Hbond substituents is 1. The molecule has 0 spiro atoms. The van der Waals surface area contributed by atoms with Crippen LogP contribution in [-0.4, -0.2) is 155 Å². The number of anilines is 3. The molecule has 83 heavy (non-hydrogen) atoms. The molecule has 0 saturated heterocycles. The molecule has 3 atom stereocenters. The molecule has 8 amide bonds. The highest BCUT2D eigenvalue weighted by molar-refractivity contribution is 6.19. The molecule has 6 aromatic rings. The SMILES string of the molecule is Cc1cccc2c(OC(=O)N(CCOCCO)CCN(C)C(=O)OCc3ccc(NC(=O)[C@H](CCCNC(N)=O)NC(=O)[C@@H](NC(C)C)C(C)C)cc3)cc3c(c12)[C@H](CCl)CN3C(=O)c1cn2cc(NC(=O)c3ccc(O)cc3)ccc2n1. The largest absolute Gasteiger partial charge is 0.508 e. The van der Waals surface area contributed by atoms with Crippen molar-refractivity contribution in [2.45, 2.75) is 78.1 Å². The fraction of sp³-hybridized carbons (Fsp3) is 0.390. The van der Waals surface area contributed by atoms with E-state index < -0.39 is 48.0 Å². The number of nitrogens with two attached hydrogens (primary N) is 1. The predicted octanol–water partition coefficient (Wildman–Crippen LogP) is 6.71. The number of hydrogen-bond donors (Lipinski definition) is 8. The van der Waals surface area contributed by atoms with Gasteiger partial charge in [0.15, 0.2) is 0 Å². The van der Waals surface area contributed by atoms with Gasteiger partial charge in [-0.3, -0.25) is 19.2 Å². The highest BCUT2D eigenvalue weighted by atomic mass is 35.5. The number of nitrogens with zero attached hydrogens (tertiary/aromatic N) is 5. The summed E-state index contributed by atoms with van der Waals surface area (Å²) in [5.41, 5.74) is 9.73. The number of amides is 8. The Bertz CT molecular complexity index is 3280. The number of carbonyl (C=O) groups excluding carboxylic acids is 7. The van der Waals surface area contributed by atoms with Crippen LogP contribution in [0.1, 0.15) is 84.0 Å². The zero-order valence-electron chi connectivity index (χ0n) is 47.3. The molecular weight excluding hydrogens is 1090 g/mol. The van der Waals surface area contributed by atoms with Gasteiger partial charge in [-0.2, -0.15) is 0 Å². The molecule has 3 heterocycles. The van der Waals surface area contributed by atoms with Gasteiger partial charge in [-0.05, 0) is 96.3 Å². The number of alkyl halides is 1. The number of phenols is 1. The lowest BCUT2D eigenvalue weighted by Crippen LogP contribution is -2.54. The van der Waals surface area contributed by atoms with E-state index in [1.165, 1.54) is 41.1 Å². The van der Waals surface area contributed by atoms with E-state index in [-0.39, 0.29) is 112 Å². The van der Waals surface area contributed by atoms with Gasteiger partial charge in [-0.1, -0.05) is 58.0 Å². The first-order chi connectivity index (χ1) is 39.7. The number of pyridine rings is 1. The zero-order chi connectivity index (χ0) is 59.9. The van der Waals surface area contributed by atoms with Crippen molar-refractivity contribution < 1.29 is 58.0 Å². The summed E-state index contributed by atoms with van der Waals surface area (Å²) in [7, 11) is 1.52. The Labute approximate surface area is 485 Å². The molecule has 1 aliphatic heterocycles. The van der Waals surface area contributed by atoms with Crippen LogP contribution >= 0.6 is 11.6 Å². The maximum Gasteiger partial charge on any atom is 0.415 e. The monoisotopic (exact) mass is 1160 g/mol. The lowest BCUT2D eigenvalue weighted by atomic mass is 9.92. The summed E-state index contributed by atoms with van der Waals surface area (Å²) in [5, 5.41) is 34.7. The van der Waals surface area contributed by atoms with Crippen molar-refractivity contribution in [1.29, 1.82) is 0 Å². The number of halogens is 1. The number of hydrogen-bond acceptors (Lipinski definition) is 14. The summed E-state index contributed by atoms with van der Waals surface area (Å²) in [4.78, 5) is 102. The van der Waals surface area contributed by atoms with Crippen molar-refractivity contribution in [3.63, 3.8) is 0 Å². The van der Waals surface area contributed by atoms with Crippen molar-refractivity contribution in [3.05, 3.63) is 125 Å². The quantitative estimate of drug-likeness (QED) is 0.0207. The van der Waals surface area contributed by atoms with Crippen LogP contribution < -0.4 is 42.0 Å². The minimum absolute atomic E-state index is 0.00959. The number of urea groups is 1. The summed E-state index contributed by atoms with van der Waals surface area (Å²) >= 11 is 6.64. The van der Waals surface area contributed by atoms with E-state index in [1.54, 1.807) is 64.2 Å². The lowest BCUT2D eigenvalue weighted by molar-refractivity contribution is -0.129. The van der Waals surface area contributed by atoms with Crippen LogP contribution in [-0.2, 0) is 25.7 Å². The predicted molar refractivity (Wildman–Crippen MR) is 314 cm³/mol. The van der Waals surface area contributed by atoms with Crippen LogP contribution in [0.15, 0.2) is 97.3 Å². The number of aromatic nitrogens is 2. The van der Waals surface area contributed by atoms with E-state index in [0.717, 1.165) is 16.5 Å². The first-order valence-electron chi connectivity index (χ1n) is 27.3. The molecule has 2 aromatic heterocycles. The van der Waals surface area contributed by atoms with Crippen LogP contribution in [0.5, 0.6) is 11.5 Å². The third-order valence-electron chi connectivity index (χ3n) is 13.8. The molecule has 1 aliphatic rings. The number of aryl methyl sites for hydroxylation is 1. The van der Waals surface area contributed by atoms with Gasteiger partial charge >= 0.3 is 18.2 Å². The molecule has 0 fully saturated rings. The average molecular weight is 1160 g/mol. The molecule has 24 heteroatoms. The van der Waals surface area contributed by atoms with Gasteiger partial charge in [0.05, 0.1) is 37.2 Å². The molecular formula is C59H72ClN11O12. The number of primary amides is 1. The lowest BCUT2D eigenvalue weighted by Gasteiger charge is -2.27. The number of carbonyl (C=O) groups is 7. The number of ether oxygens (including phenoxy) is 3. The number of benzene rings is 4. The summed E-state index contributed by atoms with van der Waals surface area (Å²) in [6.45, 7) is 9.73. The first-order valence-corrected chi connectivity index (χ1v) is 27.8. The molecule has 0 radical (unpaired) electrons. The van der Waals surface area contributed by atoms with Gasteiger partial charge in [-0.15, -0.1) is 11.6 Å². The van der Waals surface area contributed by atoms with Gasteiger partial charge < -0.3 is 75.8 Å². The number of aliphatic hydroxyl groups excluding tert-OH is 1. The summed E-state index contributed by atoms with van der Waals surface area (Å²) in [6, 6.07) is 20.9. The summed E-state index contributed by atoms with van der Waals surface area (Å²) in [6.07, 6.45) is 2.32. The van der Waals surface area contributed by atoms with E-state index in [1.807, 2.05) is 52.8 Å². The number of nitrogens with one attached hydrogen (secondary N) is 5. The molecule has 7 rings (SSSR count). The Morgan fingerprint density at radius 3 is 2.29 bits per heavy atom.